The van der Waals surface area contributed by atoms with E-state index in [1.807, 2.05) is 30.9 Å². The normalized spacial score (nSPS) is 22.0. The van der Waals surface area contributed by atoms with Gasteiger partial charge in [-0.25, -0.2) is 0 Å². The molecule has 0 bridgehead atoms. The number of aryl methyl sites for hydroxylation is 2. The molecule has 4 rings (SSSR count). The Morgan fingerprint density at radius 2 is 1.59 bits per heavy atom. The van der Waals surface area contributed by atoms with Crippen LogP contribution in [0.1, 0.15) is 73.6 Å². The van der Waals surface area contributed by atoms with E-state index in [1.54, 1.807) is 6.92 Å². The standard InChI is InChI=1S/C27H33NO4/c1-4-5-20-14-18(2)24(19(3)15-20)25-22(29)16-27(17-23(25)30)8-10-28(11-9-27)26(31)21-6-12-32-13-7-21/h14-15,21,25H,6-13,16-17H2,1-3H3. The van der Waals surface area contributed by atoms with Crippen molar-refractivity contribution in [1.29, 1.82) is 0 Å². The van der Waals surface area contributed by atoms with Gasteiger partial charge in [0.15, 0.2) is 0 Å². The Morgan fingerprint density at radius 3 is 2.12 bits per heavy atom. The van der Waals surface area contributed by atoms with Gasteiger partial charge in [0.2, 0.25) is 5.91 Å². The number of Topliss-reactive ketones (excluding diaryl/α,β-unsaturated/α-hetero) is 2. The maximum Gasteiger partial charge on any atom is 0.225 e. The quantitative estimate of drug-likeness (QED) is 0.525. The Kier molecular flexibility index (Phi) is 6.53. The van der Waals surface area contributed by atoms with Crippen LogP contribution in [0.4, 0.5) is 0 Å². The largest absolute Gasteiger partial charge is 0.381 e. The second kappa shape index (κ2) is 9.19. The molecule has 0 aromatic heterocycles. The molecule has 3 aliphatic rings. The Hall–Kier alpha value is -2.45. The lowest BCUT2D eigenvalue weighted by Crippen LogP contribution is -2.50. The number of ketones is 2. The molecule has 2 heterocycles. The summed E-state index contributed by atoms with van der Waals surface area (Å²) in [5.41, 5.74) is 3.42. The minimum atomic E-state index is -0.661. The monoisotopic (exact) mass is 435 g/mol. The molecule has 1 spiro atoms. The van der Waals surface area contributed by atoms with Crippen LogP contribution in [-0.4, -0.2) is 48.7 Å². The Balaban J connectivity index is 1.46. The highest BCUT2D eigenvalue weighted by atomic mass is 16.5. The van der Waals surface area contributed by atoms with Crippen LogP contribution in [-0.2, 0) is 19.1 Å². The van der Waals surface area contributed by atoms with Crippen LogP contribution < -0.4 is 0 Å². The van der Waals surface area contributed by atoms with Gasteiger partial charge >= 0.3 is 0 Å². The summed E-state index contributed by atoms with van der Waals surface area (Å²) < 4.78 is 5.38. The summed E-state index contributed by atoms with van der Waals surface area (Å²) in [6, 6.07) is 3.95. The molecule has 2 saturated heterocycles. The second-order valence-electron chi connectivity index (χ2n) is 9.83. The zero-order chi connectivity index (χ0) is 22.9. The Morgan fingerprint density at radius 1 is 1.03 bits per heavy atom. The molecule has 32 heavy (non-hydrogen) atoms. The van der Waals surface area contributed by atoms with E-state index < -0.39 is 5.92 Å². The number of amides is 1. The van der Waals surface area contributed by atoms with Crippen LogP contribution >= 0.6 is 0 Å². The molecule has 1 aromatic carbocycles. The molecule has 0 radical (unpaired) electrons. The van der Waals surface area contributed by atoms with E-state index in [1.165, 1.54) is 0 Å². The van der Waals surface area contributed by atoms with Crippen molar-refractivity contribution in [2.45, 2.75) is 65.2 Å². The van der Waals surface area contributed by atoms with Gasteiger partial charge in [0.05, 0.1) is 0 Å². The van der Waals surface area contributed by atoms with Gasteiger partial charge in [0, 0.05) is 50.6 Å². The number of hydrogen-bond donors (Lipinski definition) is 0. The fourth-order valence-corrected chi connectivity index (χ4v) is 5.91. The summed E-state index contributed by atoms with van der Waals surface area (Å²) in [5, 5.41) is 0. The predicted octanol–water partition coefficient (Wildman–Crippen LogP) is 3.73. The summed E-state index contributed by atoms with van der Waals surface area (Å²) in [6.45, 7) is 8.33. The number of benzene rings is 1. The third kappa shape index (κ3) is 4.38. The van der Waals surface area contributed by atoms with Crippen LogP contribution in [0.15, 0.2) is 12.1 Å². The second-order valence-corrected chi connectivity index (χ2v) is 9.83. The van der Waals surface area contributed by atoms with E-state index in [0.717, 1.165) is 47.9 Å². The molecular weight excluding hydrogens is 402 g/mol. The third-order valence-electron chi connectivity index (χ3n) is 7.60. The summed E-state index contributed by atoms with van der Waals surface area (Å²) in [7, 11) is 0. The lowest BCUT2D eigenvalue weighted by Gasteiger charge is -2.45. The highest BCUT2D eigenvalue weighted by Gasteiger charge is 2.48. The lowest BCUT2D eigenvalue weighted by atomic mass is 9.62. The number of carbonyl (C=O) groups is 3. The minimum absolute atomic E-state index is 0.0333. The van der Waals surface area contributed by atoms with Crippen molar-refractivity contribution in [3.63, 3.8) is 0 Å². The smallest absolute Gasteiger partial charge is 0.225 e. The molecule has 0 atom stereocenters. The maximum absolute atomic E-state index is 13.3. The van der Waals surface area contributed by atoms with Gasteiger partial charge in [-0.3, -0.25) is 14.4 Å². The van der Waals surface area contributed by atoms with Crippen LogP contribution in [0.2, 0.25) is 0 Å². The van der Waals surface area contributed by atoms with Crippen molar-refractivity contribution in [2.24, 2.45) is 11.3 Å². The first kappa shape index (κ1) is 22.7. The van der Waals surface area contributed by atoms with Crippen molar-refractivity contribution >= 4 is 17.5 Å². The number of ether oxygens (including phenoxy) is 1. The summed E-state index contributed by atoms with van der Waals surface area (Å²) in [5.74, 6) is 5.66. The summed E-state index contributed by atoms with van der Waals surface area (Å²) in [4.78, 5) is 41.4. The van der Waals surface area contributed by atoms with Crippen molar-refractivity contribution in [1.82, 2.24) is 4.90 Å². The van der Waals surface area contributed by atoms with E-state index in [0.29, 0.717) is 39.1 Å². The highest BCUT2D eigenvalue weighted by Crippen LogP contribution is 2.47. The van der Waals surface area contributed by atoms with Gasteiger partial charge in [-0.05, 0) is 80.7 Å². The van der Waals surface area contributed by atoms with Crippen molar-refractivity contribution in [3.05, 3.63) is 34.4 Å². The summed E-state index contributed by atoms with van der Waals surface area (Å²) in [6.07, 6.45) is 3.90. The van der Waals surface area contributed by atoms with Crippen LogP contribution in [0.25, 0.3) is 0 Å². The number of likely N-dealkylation sites (tertiary alicyclic amines) is 1. The molecule has 1 amide bonds. The summed E-state index contributed by atoms with van der Waals surface area (Å²) >= 11 is 0. The number of hydrogen-bond acceptors (Lipinski definition) is 4. The van der Waals surface area contributed by atoms with E-state index in [4.69, 9.17) is 4.74 Å². The van der Waals surface area contributed by atoms with Crippen LogP contribution in [0, 0.1) is 37.0 Å². The van der Waals surface area contributed by atoms with Gasteiger partial charge in [0.1, 0.15) is 17.5 Å². The molecule has 1 aliphatic carbocycles. The van der Waals surface area contributed by atoms with E-state index in [-0.39, 0.29) is 28.8 Å². The molecule has 5 heteroatoms. The molecule has 3 fully saturated rings. The molecule has 0 unspecified atom stereocenters. The third-order valence-corrected chi connectivity index (χ3v) is 7.60. The van der Waals surface area contributed by atoms with Crippen molar-refractivity contribution < 1.29 is 19.1 Å². The molecule has 0 N–H and O–H groups in total. The van der Waals surface area contributed by atoms with Crippen LogP contribution in [0.3, 0.4) is 0 Å². The van der Waals surface area contributed by atoms with Crippen molar-refractivity contribution in [2.75, 3.05) is 26.3 Å². The topological polar surface area (TPSA) is 63.7 Å². The first-order chi connectivity index (χ1) is 15.3. The Labute approximate surface area is 190 Å². The first-order valence-corrected chi connectivity index (χ1v) is 11.8. The molecule has 1 saturated carbocycles. The molecular formula is C27H33NO4. The number of piperidine rings is 1. The fourth-order valence-electron chi connectivity index (χ4n) is 5.91. The number of carbonyl (C=O) groups excluding carboxylic acids is 3. The SMILES string of the molecule is CC#Cc1cc(C)c(C2C(=O)CC3(CCN(C(=O)C4CCOCC4)CC3)CC2=O)c(C)c1. The first-order valence-electron chi connectivity index (χ1n) is 11.8. The average Bonchev–Trinajstić information content (AvgIpc) is 2.76. The van der Waals surface area contributed by atoms with Gasteiger partial charge < -0.3 is 9.64 Å². The maximum atomic E-state index is 13.3. The molecule has 2 aliphatic heterocycles. The van der Waals surface area contributed by atoms with Crippen molar-refractivity contribution in [3.8, 4) is 11.8 Å². The van der Waals surface area contributed by atoms with Gasteiger partial charge in [0.25, 0.3) is 0 Å². The zero-order valence-corrected chi connectivity index (χ0v) is 19.5. The van der Waals surface area contributed by atoms with Gasteiger partial charge in [-0.2, -0.15) is 0 Å². The Bertz CT molecular complexity index is 942. The molecule has 170 valence electrons. The van der Waals surface area contributed by atoms with Crippen LogP contribution in [0.5, 0.6) is 0 Å². The molecule has 1 aromatic rings. The fraction of sp³-hybridized carbons (Fsp3) is 0.593. The predicted molar refractivity (Wildman–Crippen MR) is 122 cm³/mol. The van der Waals surface area contributed by atoms with Gasteiger partial charge in [-0.15, -0.1) is 5.92 Å². The van der Waals surface area contributed by atoms with E-state index in [2.05, 4.69) is 11.8 Å². The van der Waals surface area contributed by atoms with Gasteiger partial charge in [-0.1, -0.05) is 5.92 Å². The lowest BCUT2D eigenvalue weighted by molar-refractivity contribution is -0.143. The van der Waals surface area contributed by atoms with E-state index in [9.17, 15) is 14.4 Å². The minimum Gasteiger partial charge on any atom is -0.381 e. The number of nitrogens with zero attached hydrogens (tertiary/aromatic N) is 1. The number of rotatable bonds is 2. The highest BCUT2D eigenvalue weighted by molar-refractivity contribution is 6.10. The zero-order valence-electron chi connectivity index (χ0n) is 19.5. The van der Waals surface area contributed by atoms with E-state index >= 15 is 0 Å². The molecule has 5 nitrogen and oxygen atoms in total. The average molecular weight is 436 g/mol.